The summed E-state index contributed by atoms with van der Waals surface area (Å²) < 4.78 is 0. The highest BCUT2D eigenvalue weighted by Crippen LogP contribution is 2.27. The largest absolute Gasteiger partial charge is 0.478 e. The Bertz CT molecular complexity index is 961. The third kappa shape index (κ3) is 4.17. The van der Waals surface area contributed by atoms with E-state index >= 15 is 0 Å². The molecule has 8 nitrogen and oxygen atoms in total. The molecule has 1 aliphatic rings. The van der Waals surface area contributed by atoms with Crippen molar-refractivity contribution in [3.8, 4) is 0 Å². The average molecular weight is 403 g/mol. The Morgan fingerprint density at radius 2 is 1.82 bits per heavy atom. The summed E-state index contributed by atoms with van der Waals surface area (Å²) in [5.74, 6) is -1.77. The third-order valence-corrected chi connectivity index (χ3v) is 4.73. The number of urea groups is 1. The summed E-state index contributed by atoms with van der Waals surface area (Å²) in [7, 11) is 0. The minimum Gasteiger partial charge on any atom is -0.478 e. The third-order valence-electron chi connectivity index (χ3n) is 4.28. The Labute approximate surface area is 166 Å². The number of rotatable bonds is 4. The second kappa shape index (κ2) is 8.18. The van der Waals surface area contributed by atoms with Gasteiger partial charge in [0.15, 0.2) is 0 Å². The van der Waals surface area contributed by atoms with Crippen molar-refractivity contribution >= 4 is 46.6 Å². The summed E-state index contributed by atoms with van der Waals surface area (Å²) in [6, 6.07) is 7.09. The highest BCUT2D eigenvalue weighted by molar-refractivity contribution is 6.34. The number of fused-ring (bicyclic) bond motifs is 1. The quantitative estimate of drug-likeness (QED) is 0.534. The molecule has 28 heavy (non-hydrogen) atoms. The smallest absolute Gasteiger partial charge is 0.337 e. The first-order chi connectivity index (χ1) is 13.4. The topological polar surface area (TPSA) is 120 Å². The summed E-state index contributed by atoms with van der Waals surface area (Å²) in [5, 5.41) is 20.5. The van der Waals surface area contributed by atoms with Crippen LogP contribution >= 0.6 is 11.6 Å². The number of carboxylic acids is 1. The Hall–Kier alpha value is -3.26. The molecule has 1 aliphatic heterocycles. The molecule has 0 radical (unpaired) electrons. The fraction of sp³-hybridized carbons (Fsp3) is 0.211. The van der Waals surface area contributed by atoms with E-state index in [0.717, 1.165) is 24.5 Å². The first kappa shape index (κ1) is 19.5. The van der Waals surface area contributed by atoms with Gasteiger partial charge in [0, 0.05) is 24.3 Å². The molecule has 0 saturated heterocycles. The van der Waals surface area contributed by atoms with E-state index in [-0.39, 0.29) is 16.3 Å². The summed E-state index contributed by atoms with van der Waals surface area (Å²) in [5.41, 5.74) is 2.70. The van der Waals surface area contributed by atoms with Crippen LogP contribution in [0.5, 0.6) is 0 Å². The summed E-state index contributed by atoms with van der Waals surface area (Å²) >= 11 is 6.06. The van der Waals surface area contributed by atoms with E-state index in [1.807, 2.05) is 6.92 Å². The maximum absolute atomic E-state index is 12.3. The van der Waals surface area contributed by atoms with E-state index in [1.165, 1.54) is 6.07 Å². The van der Waals surface area contributed by atoms with Crippen molar-refractivity contribution in [1.82, 2.24) is 5.32 Å². The van der Waals surface area contributed by atoms with Crippen LogP contribution in [-0.2, 0) is 6.42 Å². The van der Waals surface area contributed by atoms with Crippen LogP contribution in [0, 0.1) is 0 Å². The van der Waals surface area contributed by atoms with Crippen molar-refractivity contribution in [2.75, 3.05) is 29.0 Å². The summed E-state index contributed by atoms with van der Waals surface area (Å²) in [6.45, 7) is 3.35. The highest BCUT2D eigenvalue weighted by atomic mass is 35.5. The number of carboxylic acid groups (broad SMARTS) is 1. The number of hydrogen-bond donors (Lipinski definition) is 5. The zero-order valence-corrected chi connectivity index (χ0v) is 15.8. The molecule has 0 fully saturated rings. The number of imide groups is 1. The van der Waals surface area contributed by atoms with E-state index in [9.17, 15) is 19.5 Å². The average Bonchev–Trinajstić information content (AvgIpc) is 2.68. The Morgan fingerprint density at radius 3 is 2.50 bits per heavy atom. The van der Waals surface area contributed by atoms with Gasteiger partial charge in [-0.3, -0.25) is 10.1 Å². The molecule has 0 unspecified atom stereocenters. The summed E-state index contributed by atoms with van der Waals surface area (Å²) in [6.07, 6.45) is 0.491. The normalized spacial score (nSPS) is 12.2. The van der Waals surface area contributed by atoms with E-state index in [0.29, 0.717) is 17.5 Å². The number of hydrogen-bond acceptors (Lipinski definition) is 5. The molecule has 9 heteroatoms. The first-order valence-corrected chi connectivity index (χ1v) is 9.06. The number of halogens is 1. The van der Waals surface area contributed by atoms with Gasteiger partial charge in [-0.15, -0.1) is 0 Å². The molecule has 3 amide bonds. The Kier molecular flexibility index (Phi) is 5.70. The molecule has 2 aromatic carbocycles. The predicted molar refractivity (Wildman–Crippen MR) is 108 cm³/mol. The fourth-order valence-corrected chi connectivity index (χ4v) is 3.21. The van der Waals surface area contributed by atoms with Crippen LogP contribution in [0.15, 0.2) is 30.3 Å². The molecular formula is C19H19ClN4O4. The molecule has 0 spiro atoms. The van der Waals surface area contributed by atoms with Crippen LogP contribution in [0.1, 0.15) is 33.2 Å². The molecule has 5 N–H and O–H groups in total. The van der Waals surface area contributed by atoms with Gasteiger partial charge in [0.2, 0.25) is 0 Å². The van der Waals surface area contributed by atoms with Gasteiger partial charge >= 0.3 is 12.0 Å². The zero-order valence-electron chi connectivity index (χ0n) is 15.1. The zero-order chi connectivity index (χ0) is 20.3. The van der Waals surface area contributed by atoms with Crippen molar-refractivity contribution in [1.29, 1.82) is 0 Å². The lowest BCUT2D eigenvalue weighted by Crippen LogP contribution is -2.34. The van der Waals surface area contributed by atoms with Gasteiger partial charge in [-0.25, -0.2) is 9.59 Å². The molecule has 146 valence electrons. The number of amides is 3. The van der Waals surface area contributed by atoms with Crippen molar-refractivity contribution in [3.05, 3.63) is 52.0 Å². The van der Waals surface area contributed by atoms with Crippen molar-refractivity contribution in [2.24, 2.45) is 0 Å². The Morgan fingerprint density at radius 1 is 1.11 bits per heavy atom. The van der Waals surface area contributed by atoms with Crippen LogP contribution in [0.2, 0.25) is 5.02 Å². The van der Waals surface area contributed by atoms with Crippen LogP contribution in [0.3, 0.4) is 0 Å². The summed E-state index contributed by atoms with van der Waals surface area (Å²) in [4.78, 5) is 35.9. The van der Waals surface area contributed by atoms with Crippen LogP contribution in [0.4, 0.5) is 21.9 Å². The molecule has 3 rings (SSSR count). The Balaban J connectivity index is 1.72. The number of carbonyl (C=O) groups is 3. The predicted octanol–water partition coefficient (Wildman–Crippen LogP) is 3.40. The van der Waals surface area contributed by atoms with E-state index < -0.39 is 17.9 Å². The number of aryl methyl sites for hydroxylation is 1. The lowest BCUT2D eigenvalue weighted by molar-refractivity contribution is 0.0696. The van der Waals surface area contributed by atoms with Gasteiger partial charge in [-0.2, -0.15) is 0 Å². The molecule has 0 bridgehead atoms. The van der Waals surface area contributed by atoms with Crippen molar-refractivity contribution < 1.29 is 19.5 Å². The van der Waals surface area contributed by atoms with E-state index in [1.54, 1.807) is 24.3 Å². The molecule has 1 heterocycles. The first-order valence-electron chi connectivity index (χ1n) is 8.69. The van der Waals surface area contributed by atoms with Crippen LogP contribution < -0.4 is 21.3 Å². The maximum atomic E-state index is 12.3. The van der Waals surface area contributed by atoms with Crippen LogP contribution in [-0.4, -0.2) is 36.1 Å². The van der Waals surface area contributed by atoms with Crippen molar-refractivity contribution in [3.63, 3.8) is 0 Å². The number of aromatic carboxylic acids is 1. The van der Waals surface area contributed by atoms with Gasteiger partial charge in [0.05, 0.1) is 22.0 Å². The number of nitrogens with one attached hydrogen (secondary N) is 4. The minimum atomic E-state index is -1.20. The minimum absolute atomic E-state index is 0.115. The lowest BCUT2D eigenvalue weighted by Gasteiger charge is -2.20. The number of carbonyl (C=O) groups excluding carboxylic acids is 2. The number of anilines is 3. The van der Waals surface area contributed by atoms with Gasteiger partial charge in [0.1, 0.15) is 0 Å². The lowest BCUT2D eigenvalue weighted by atomic mass is 10.1. The molecule has 2 aromatic rings. The van der Waals surface area contributed by atoms with Gasteiger partial charge in [-0.05, 0) is 42.3 Å². The van der Waals surface area contributed by atoms with Crippen molar-refractivity contribution in [2.45, 2.75) is 13.3 Å². The monoisotopic (exact) mass is 402 g/mol. The maximum Gasteiger partial charge on any atom is 0.337 e. The van der Waals surface area contributed by atoms with Gasteiger partial charge < -0.3 is 21.1 Å². The standard InChI is InChI=1S/C19H19ClN4O4/c1-2-10-7-12(9-13(16(10)20)18(26)27)23-19(28)24-17(25)11-3-4-14-15(8-11)22-6-5-21-14/h3-4,7-9,21-22H,2,5-6H2,1H3,(H,26,27)(H2,23,24,25,28). The molecular weight excluding hydrogens is 384 g/mol. The number of benzene rings is 2. The highest BCUT2D eigenvalue weighted by Gasteiger charge is 2.17. The van der Waals surface area contributed by atoms with E-state index in [4.69, 9.17) is 11.6 Å². The molecule has 0 atom stereocenters. The van der Waals surface area contributed by atoms with Crippen LogP contribution in [0.25, 0.3) is 0 Å². The SMILES string of the molecule is CCc1cc(NC(=O)NC(=O)c2ccc3c(c2)NCCN3)cc(C(=O)O)c1Cl. The van der Waals surface area contributed by atoms with E-state index in [2.05, 4.69) is 21.3 Å². The molecule has 0 aliphatic carbocycles. The molecule has 0 aromatic heterocycles. The fourth-order valence-electron chi connectivity index (χ4n) is 2.89. The second-order valence-electron chi connectivity index (χ2n) is 6.18. The molecule has 0 saturated carbocycles. The van der Waals surface area contributed by atoms with Gasteiger partial charge in [0.25, 0.3) is 5.91 Å². The second-order valence-corrected chi connectivity index (χ2v) is 6.56. The van der Waals surface area contributed by atoms with Gasteiger partial charge in [-0.1, -0.05) is 18.5 Å².